The van der Waals surface area contributed by atoms with E-state index < -0.39 is 0 Å². The average Bonchev–Trinajstić information content (AvgIpc) is 3.31. The second kappa shape index (κ2) is 6.59. The van der Waals surface area contributed by atoms with E-state index in [1.807, 2.05) is 4.68 Å². The molecule has 122 valence electrons. The van der Waals surface area contributed by atoms with E-state index >= 15 is 0 Å². The second-order valence-electron chi connectivity index (χ2n) is 6.36. The van der Waals surface area contributed by atoms with Crippen LogP contribution in [0.5, 0.6) is 0 Å². The predicted molar refractivity (Wildman–Crippen MR) is 88.2 cm³/mol. The summed E-state index contributed by atoms with van der Waals surface area (Å²) < 4.78 is 1.90. The first kappa shape index (κ1) is 15.1. The highest BCUT2D eigenvalue weighted by atomic mass is 32.2. The molecule has 0 saturated heterocycles. The number of hydrogen-bond acceptors (Lipinski definition) is 6. The molecule has 1 unspecified atom stereocenters. The number of hydrogen-bond donors (Lipinski definition) is 1. The van der Waals surface area contributed by atoms with Gasteiger partial charge in [-0.25, -0.2) is 4.68 Å². The van der Waals surface area contributed by atoms with Crippen LogP contribution in [0, 0.1) is 0 Å². The summed E-state index contributed by atoms with van der Waals surface area (Å²) >= 11 is 1.55. The first-order chi connectivity index (χ1) is 11.3. The fourth-order valence-electron chi connectivity index (χ4n) is 3.06. The molecule has 0 radical (unpaired) electrons. The van der Waals surface area contributed by atoms with Crippen LogP contribution in [0.2, 0.25) is 0 Å². The van der Waals surface area contributed by atoms with Crippen molar-refractivity contribution in [2.24, 2.45) is 0 Å². The number of nitrogens with zero attached hydrogens (tertiary/aromatic N) is 5. The first-order valence-electron chi connectivity index (χ1n) is 8.17. The molecule has 1 aliphatic carbocycles. The van der Waals surface area contributed by atoms with Crippen molar-refractivity contribution in [1.29, 1.82) is 0 Å². The van der Waals surface area contributed by atoms with Crippen molar-refractivity contribution in [3.8, 4) is 0 Å². The van der Waals surface area contributed by atoms with Gasteiger partial charge in [-0.2, -0.15) is 0 Å². The van der Waals surface area contributed by atoms with Crippen molar-refractivity contribution in [3.05, 3.63) is 35.4 Å². The van der Waals surface area contributed by atoms with Crippen LogP contribution in [-0.2, 0) is 13.0 Å². The standard InChI is InChI=1S/C16H21N5OS/c22-15(11-23-16-17-18-19-21(16)14-5-6-14)10-20-8-7-12-3-1-2-4-13(12)9-20/h1-4,14-15,22H,5-11H2. The maximum atomic E-state index is 10.4. The van der Waals surface area contributed by atoms with Gasteiger partial charge in [-0.1, -0.05) is 36.0 Å². The average molecular weight is 331 g/mol. The SMILES string of the molecule is OC(CSc1nnnn1C1CC1)CN1CCc2ccccc2C1. The van der Waals surface area contributed by atoms with Crippen LogP contribution in [0.15, 0.2) is 29.4 Å². The van der Waals surface area contributed by atoms with Crippen molar-refractivity contribution in [2.75, 3.05) is 18.8 Å². The van der Waals surface area contributed by atoms with Gasteiger partial charge in [0.1, 0.15) is 0 Å². The fourth-order valence-corrected chi connectivity index (χ4v) is 3.92. The summed E-state index contributed by atoms with van der Waals surface area (Å²) in [5, 5.41) is 23.0. The molecule has 0 spiro atoms. The first-order valence-corrected chi connectivity index (χ1v) is 9.16. The van der Waals surface area contributed by atoms with E-state index in [0.717, 1.165) is 37.5 Å². The Hall–Kier alpha value is -1.44. The quantitative estimate of drug-likeness (QED) is 0.810. The Kier molecular flexibility index (Phi) is 4.33. The molecule has 1 aliphatic heterocycles. The van der Waals surface area contributed by atoms with Crippen LogP contribution in [0.1, 0.15) is 30.0 Å². The van der Waals surface area contributed by atoms with Gasteiger partial charge in [0.15, 0.2) is 0 Å². The summed E-state index contributed by atoms with van der Waals surface area (Å²) in [6.07, 6.45) is 3.02. The molecule has 2 heterocycles. The Balaban J connectivity index is 1.29. The molecule has 2 aromatic rings. The van der Waals surface area contributed by atoms with Crippen LogP contribution < -0.4 is 0 Å². The maximum Gasteiger partial charge on any atom is 0.209 e. The molecule has 1 aromatic heterocycles. The van der Waals surface area contributed by atoms with Crippen LogP contribution in [-0.4, -0.2) is 55.2 Å². The number of aliphatic hydroxyl groups excluding tert-OH is 1. The summed E-state index contributed by atoms with van der Waals surface area (Å²) in [5.41, 5.74) is 2.83. The third-order valence-electron chi connectivity index (χ3n) is 4.44. The van der Waals surface area contributed by atoms with E-state index in [1.54, 1.807) is 11.8 Å². The topological polar surface area (TPSA) is 67.1 Å². The van der Waals surface area contributed by atoms with Crippen LogP contribution in [0.3, 0.4) is 0 Å². The van der Waals surface area contributed by atoms with Crippen molar-refractivity contribution < 1.29 is 5.11 Å². The monoisotopic (exact) mass is 331 g/mol. The third kappa shape index (κ3) is 3.57. The summed E-state index contributed by atoms with van der Waals surface area (Å²) in [4.78, 5) is 2.33. The Labute approximate surface area is 139 Å². The molecule has 1 fully saturated rings. The molecule has 0 amide bonds. The van der Waals surface area contributed by atoms with E-state index in [1.165, 1.54) is 11.1 Å². The Morgan fingerprint density at radius 2 is 2.09 bits per heavy atom. The van der Waals surface area contributed by atoms with Gasteiger partial charge in [-0.3, -0.25) is 4.90 Å². The molecule has 1 atom stereocenters. The van der Waals surface area contributed by atoms with Gasteiger partial charge in [0.05, 0.1) is 12.1 Å². The Morgan fingerprint density at radius 3 is 2.91 bits per heavy atom. The van der Waals surface area contributed by atoms with Crippen molar-refractivity contribution in [2.45, 2.75) is 43.1 Å². The van der Waals surface area contributed by atoms with E-state index in [2.05, 4.69) is 44.7 Å². The van der Waals surface area contributed by atoms with Gasteiger partial charge in [0.25, 0.3) is 0 Å². The zero-order valence-electron chi connectivity index (χ0n) is 13.0. The maximum absolute atomic E-state index is 10.4. The molecule has 1 N–H and O–H groups in total. The van der Waals surface area contributed by atoms with E-state index in [9.17, 15) is 5.11 Å². The molecule has 23 heavy (non-hydrogen) atoms. The van der Waals surface area contributed by atoms with Crippen LogP contribution >= 0.6 is 11.8 Å². The third-order valence-corrected chi connectivity index (χ3v) is 5.52. The van der Waals surface area contributed by atoms with Gasteiger partial charge in [0.2, 0.25) is 5.16 Å². The Morgan fingerprint density at radius 1 is 1.26 bits per heavy atom. The number of fused-ring (bicyclic) bond motifs is 1. The number of rotatable bonds is 6. The minimum Gasteiger partial charge on any atom is -0.391 e. The minimum atomic E-state index is -0.366. The summed E-state index contributed by atoms with van der Waals surface area (Å²) in [7, 11) is 0. The highest BCUT2D eigenvalue weighted by molar-refractivity contribution is 7.99. The highest BCUT2D eigenvalue weighted by Crippen LogP contribution is 2.36. The molecule has 4 rings (SSSR count). The summed E-state index contributed by atoms with van der Waals surface area (Å²) in [5.74, 6) is 0.630. The predicted octanol–water partition coefficient (Wildman–Crippen LogP) is 1.52. The van der Waals surface area contributed by atoms with Gasteiger partial charge in [-0.05, 0) is 40.8 Å². The van der Waals surface area contributed by atoms with E-state index in [-0.39, 0.29) is 6.10 Å². The molecule has 2 aliphatic rings. The number of aliphatic hydroxyl groups is 1. The molecular weight excluding hydrogens is 310 g/mol. The van der Waals surface area contributed by atoms with Crippen LogP contribution in [0.25, 0.3) is 0 Å². The van der Waals surface area contributed by atoms with Crippen molar-refractivity contribution >= 4 is 11.8 Å². The lowest BCUT2D eigenvalue weighted by atomic mass is 10.00. The fraction of sp³-hybridized carbons (Fsp3) is 0.562. The van der Waals surface area contributed by atoms with E-state index in [0.29, 0.717) is 18.3 Å². The zero-order valence-corrected chi connectivity index (χ0v) is 13.8. The normalized spacial score (nSPS) is 19.5. The molecule has 1 saturated carbocycles. The molecule has 0 bridgehead atoms. The highest BCUT2D eigenvalue weighted by Gasteiger charge is 2.28. The molecular formula is C16H21N5OS. The molecule has 7 heteroatoms. The summed E-state index contributed by atoms with van der Waals surface area (Å²) in [6, 6.07) is 9.06. The lowest BCUT2D eigenvalue weighted by molar-refractivity contribution is 0.122. The van der Waals surface area contributed by atoms with Crippen molar-refractivity contribution in [3.63, 3.8) is 0 Å². The number of β-amino-alcohol motifs (C(OH)–C–C–N with tert-alkyl or cyclic N) is 1. The largest absolute Gasteiger partial charge is 0.391 e. The number of benzene rings is 1. The van der Waals surface area contributed by atoms with Crippen molar-refractivity contribution in [1.82, 2.24) is 25.1 Å². The van der Waals surface area contributed by atoms with Gasteiger partial charge in [-0.15, -0.1) is 5.10 Å². The van der Waals surface area contributed by atoms with Gasteiger partial charge >= 0.3 is 0 Å². The van der Waals surface area contributed by atoms with Crippen LogP contribution in [0.4, 0.5) is 0 Å². The lowest BCUT2D eigenvalue weighted by Gasteiger charge is -2.30. The summed E-state index contributed by atoms with van der Waals surface area (Å²) in [6.45, 7) is 2.64. The van der Waals surface area contributed by atoms with E-state index in [4.69, 9.17) is 0 Å². The van der Waals surface area contributed by atoms with Gasteiger partial charge in [0, 0.05) is 25.4 Å². The number of thioether (sulfide) groups is 1. The second-order valence-corrected chi connectivity index (χ2v) is 7.34. The number of tetrazole rings is 1. The zero-order chi connectivity index (χ0) is 15.6. The molecule has 6 nitrogen and oxygen atoms in total. The number of aromatic nitrogens is 4. The molecule has 1 aromatic carbocycles. The van der Waals surface area contributed by atoms with Gasteiger partial charge < -0.3 is 5.11 Å². The Bertz CT molecular complexity index is 672. The smallest absolute Gasteiger partial charge is 0.209 e. The minimum absolute atomic E-state index is 0.366. The lowest BCUT2D eigenvalue weighted by Crippen LogP contribution is -2.37.